The number of aromatic nitrogens is 5. The normalized spacial score (nSPS) is 20.9. The van der Waals surface area contributed by atoms with Crippen molar-refractivity contribution in [1.82, 2.24) is 34.4 Å². The van der Waals surface area contributed by atoms with Gasteiger partial charge in [0.25, 0.3) is 0 Å². The Balaban J connectivity index is 1.56. The van der Waals surface area contributed by atoms with Crippen molar-refractivity contribution in [2.45, 2.75) is 43.2 Å². The zero-order valence-corrected chi connectivity index (χ0v) is 20.9. The third-order valence-electron chi connectivity index (χ3n) is 6.90. The highest BCUT2D eigenvalue weighted by Crippen LogP contribution is 2.38. The molecule has 2 aliphatic rings. The molecule has 1 aliphatic heterocycles. The van der Waals surface area contributed by atoms with Crippen molar-refractivity contribution in [3.05, 3.63) is 29.9 Å². The lowest BCUT2D eigenvalue weighted by molar-refractivity contribution is 0.234. The second-order valence-electron chi connectivity index (χ2n) is 9.62. The second kappa shape index (κ2) is 7.67. The molecular weight excluding hydrogens is 472 g/mol. The van der Waals surface area contributed by atoms with Crippen molar-refractivity contribution in [2.24, 2.45) is 0 Å². The molecule has 3 aromatic heterocycles. The van der Waals surface area contributed by atoms with Crippen LogP contribution in [0.15, 0.2) is 34.8 Å². The van der Waals surface area contributed by atoms with E-state index in [0.29, 0.717) is 17.4 Å². The summed E-state index contributed by atoms with van der Waals surface area (Å²) in [5.74, 6) is 0. The first kappa shape index (κ1) is 21.8. The van der Waals surface area contributed by atoms with Gasteiger partial charge in [-0.3, -0.25) is 0 Å². The number of anilines is 1. The van der Waals surface area contributed by atoms with Crippen LogP contribution in [0, 0.1) is 0 Å². The molecule has 1 aromatic carbocycles. The third kappa shape index (κ3) is 3.74. The van der Waals surface area contributed by atoms with E-state index in [-0.39, 0.29) is 10.4 Å². The highest BCUT2D eigenvalue weighted by molar-refractivity contribution is 7.89. The number of nitrogens with one attached hydrogen (secondary N) is 1. The van der Waals surface area contributed by atoms with E-state index >= 15 is 0 Å². The van der Waals surface area contributed by atoms with Gasteiger partial charge >= 0.3 is 0 Å². The smallest absolute Gasteiger partial charge is 0.241 e. The minimum atomic E-state index is -3.68. The van der Waals surface area contributed by atoms with Gasteiger partial charge in [0.2, 0.25) is 10.0 Å². The Morgan fingerprint density at radius 1 is 1.21 bits per heavy atom. The van der Waals surface area contributed by atoms with Crippen molar-refractivity contribution in [2.75, 3.05) is 31.6 Å². The van der Waals surface area contributed by atoms with Crippen LogP contribution in [0.4, 0.5) is 5.69 Å². The summed E-state index contributed by atoms with van der Waals surface area (Å²) in [6, 6.07) is 5.71. The number of likely N-dealkylation sites (N-methyl/N-ethyl adjacent to an activating group) is 1. The molecule has 0 spiro atoms. The topological polar surface area (TPSA) is 109 Å². The average molecular weight is 499 g/mol. The number of nitrogens with zero attached hydrogens (tertiary/aromatic N) is 7. The van der Waals surface area contributed by atoms with E-state index in [1.165, 1.54) is 11.3 Å². The molecule has 6 rings (SSSR count). The van der Waals surface area contributed by atoms with Gasteiger partial charge < -0.3 is 9.80 Å². The molecule has 0 bridgehead atoms. The molecule has 4 aromatic rings. The van der Waals surface area contributed by atoms with E-state index in [1.807, 2.05) is 13.0 Å². The van der Waals surface area contributed by atoms with Crippen LogP contribution in [0.1, 0.15) is 26.7 Å². The molecule has 178 valence electrons. The molecule has 10 nitrogen and oxygen atoms in total. The SMILES string of the molecule is CC1CN(c2cc(S(=O)(=O)NC3(C)CC3)cc3cnc4cc(-c5nncs5)nn4c23)CCN1C. The van der Waals surface area contributed by atoms with E-state index in [4.69, 9.17) is 5.10 Å². The van der Waals surface area contributed by atoms with Crippen LogP contribution in [-0.2, 0) is 10.0 Å². The van der Waals surface area contributed by atoms with Crippen molar-refractivity contribution < 1.29 is 8.42 Å². The first-order chi connectivity index (χ1) is 16.2. The molecule has 34 heavy (non-hydrogen) atoms. The summed E-state index contributed by atoms with van der Waals surface area (Å²) in [7, 11) is -1.56. The number of benzene rings is 1. The first-order valence-corrected chi connectivity index (χ1v) is 13.7. The van der Waals surface area contributed by atoms with E-state index in [2.05, 4.69) is 43.7 Å². The summed E-state index contributed by atoms with van der Waals surface area (Å²) >= 11 is 1.42. The Kier molecular flexibility index (Phi) is 4.93. The van der Waals surface area contributed by atoms with Gasteiger partial charge in [0.05, 0.1) is 16.1 Å². The second-order valence-corrected chi connectivity index (χ2v) is 12.1. The van der Waals surface area contributed by atoms with Crippen LogP contribution in [0.3, 0.4) is 0 Å². The summed E-state index contributed by atoms with van der Waals surface area (Å²) in [4.78, 5) is 9.41. The maximum absolute atomic E-state index is 13.3. The molecule has 1 saturated heterocycles. The van der Waals surface area contributed by atoms with Crippen LogP contribution < -0.4 is 9.62 Å². The third-order valence-corrected chi connectivity index (χ3v) is 9.23. The Labute approximate surface area is 201 Å². The predicted octanol–water partition coefficient (Wildman–Crippen LogP) is 2.37. The van der Waals surface area contributed by atoms with Crippen LogP contribution in [0.5, 0.6) is 0 Å². The maximum atomic E-state index is 13.3. The Hall–Kier alpha value is -2.67. The number of hydrogen-bond donors (Lipinski definition) is 1. The van der Waals surface area contributed by atoms with E-state index in [0.717, 1.165) is 54.1 Å². The van der Waals surface area contributed by atoms with Gasteiger partial charge in [-0.2, -0.15) is 5.10 Å². The highest BCUT2D eigenvalue weighted by Gasteiger charge is 2.41. The van der Waals surface area contributed by atoms with Crippen molar-refractivity contribution in [3.8, 4) is 10.7 Å². The molecule has 1 saturated carbocycles. The highest BCUT2D eigenvalue weighted by atomic mass is 32.2. The van der Waals surface area contributed by atoms with Crippen molar-refractivity contribution in [1.29, 1.82) is 0 Å². The van der Waals surface area contributed by atoms with E-state index in [9.17, 15) is 8.42 Å². The fraction of sp³-hybridized carbons (Fsp3) is 0.455. The fourth-order valence-electron chi connectivity index (χ4n) is 4.43. The summed E-state index contributed by atoms with van der Waals surface area (Å²) < 4.78 is 31.3. The lowest BCUT2D eigenvalue weighted by atomic mass is 10.1. The summed E-state index contributed by atoms with van der Waals surface area (Å²) in [6.07, 6.45) is 3.44. The quantitative estimate of drug-likeness (QED) is 0.447. The number of fused-ring (bicyclic) bond motifs is 3. The molecule has 12 heteroatoms. The van der Waals surface area contributed by atoms with Gasteiger partial charge in [-0.05, 0) is 45.9 Å². The molecule has 1 atom stereocenters. The minimum Gasteiger partial charge on any atom is -0.367 e. The summed E-state index contributed by atoms with van der Waals surface area (Å²) in [6.45, 7) is 6.59. The Morgan fingerprint density at radius 2 is 2.03 bits per heavy atom. The lowest BCUT2D eigenvalue weighted by Crippen LogP contribution is -2.50. The predicted molar refractivity (Wildman–Crippen MR) is 132 cm³/mol. The Bertz CT molecular complexity index is 1490. The largest absolute Gasteiger partial charge is 0.367 e. The fourth-order valence-corrected chi connectivity index (χ4v) is 6.46. The number of sulfonamides is 1. The molecular formula is C22H26N8O2S2. The molecule has 1 unspecified atom stereocenters. The van der Waals surface area contributed by atoms with Crippen LogP contribution in [-0.4, -0.2) is 76.4 Å². The molecule has 2 fully saturated rings. The van der Waals surface area contributed by atoms with Gasteiger partial charge in [0.15, 0.2) is 10.7 Å². The Morgan fingerprint density at radius 3 is 2.74 bits per heavy atom. The van der Waals surface area contributed by atoms with Crippen molar-refractivity contribution in [3.63, 3.8) is 0 Å². The first-order valence-electron chi connectivity index (χ1n) is 11.3. The molecule has 0 radical (unpaired) electrons. The average Bonchev–Trinajstić information content (AvgIpc) is 3.21. The monoisotopic (exact) mass is 498 g/mol. The zero-order valence-electron chi connectivity index (χ0n) is 19.3. The summed E-state index contributed by atoms with van der Waals surface area (Å²) in [5, 5.41) is 14.3. The van der Waals surface area contributed by atoms with Gasteiger partial charge in [-0.15, -0.1) is 10.2 Å². The van der Waals surface area contributed by atoms with E-state index < -0.39 is 10.0 Å². The standard InChI is InChI=1S/C22H26N8O2S2/c1-14-12-29(7-6-28(14)3)18-9-16(34(31,32)27-22(2)4-5-22)8-15-11-23-19-10-17(21-25-24-13-33-21)26-30(19)20(15)18/h8-11,13-14,27H,4-7,12H2,1-3H3. The van der Waals surface area contributed by atoms with Crippen molar-refractivity contribution >= 4 is 43.6 Å². The van der Waals surface area contributed by atoms with Gasteiger partial charge in [-0.25, -0.2) is 22.6 Å². The van der Waals surface area contributed by atoms with Crippen LogP contribution >= 0.6 is 11.3 Å². The molecule has 0 amide bonds. The van der Waals surface area contributed by atoms with Gasteiger partial charge in [0, 0.05) is 48.9 Å². The van der Waals surface area contributed by atoms with Gasteiger partial charge in [-0.1, -0.05) is 11.3 Å². The van der Waals surface area contributed by atoms with E-state index in [1.54, 1.807) is 28.4 Å². The maximum Gasteiger partial charge on any atom is 0.241 e. The molecule has 1 N–H and O–H groups in total. The molecule has 4 heterocycles. The van der Waals surface area contributed by atoms with Crippen LogP contribution in [0.25, 0.3) is 27.3 Å². The number of hydrogen-bond acceptors (Lipinski definition) is 9. The number of rotatable bonds is 5. The zero-order chi connectivity index (χ0) is 23.7. The van der Waals surface area contributed by atoms with Gasteiger partial charge in [0.1, 0.15) is 11.2 Å². The molecule has 1 aliphatic carbocycles. The summed E-state index contributed by atoms with van der Waals surface area (Å²) in [5.41, 5.74) is 4.39. The minimum absolute atomic E-state index is 0.257. The lowest BCUT2D eigenvalue weighted by Gasteiger charge is -2.39. The number of piperazine rings is 1. The van der Waals surface area contributed by atoms with Crippen LogP contribution in [0.2, 0.25) is 0 Å².